The molecule has 2 N–H and O–H groups in total. The van der Waals surface area contributed by atoms with E-state index in [0.29, 0.717) is 19.0 Å². The Bertz CT molecular complexity index is 972. The van der Waals surface area contributed by atoms with Crippen molar-refractivity contribution in [2.45, 2.75) is 55.7 Å². The van der Waals surface area contributed by atoms with E-state index in [1.807, 2.05) is 4.90 Å². The van der Waals surface area contributed by atoms with Gasteiger partial charge in [-0.3, -0.25) is 9.80 Å². The maximum atomic E-state index is 12.9. The smallest absolute Gasteiger partial charge is 0.322 e. The lowest BCUT2D eigenvalue weighted by Gasteiger charge is -2.48. The Morgan fingerprint density at radius 1 is 1.09 bits per heavy atom. The predicted molar refractivity (Wildman–Crippen MR) is 128 cm³/mol. The van der Waals surface area contributed by atoms with Crippen LogP contribution >= 0.6 is 0 Å². The van der Waals surface area contributed by atoms with Crippen LogP contribution in [-0.4, -0.2) is 71.4 Å². The zero-order valence-electron chi connectivity index (χ0n) is 19.6. The fourth-order valence-electron chi connectivity index (χ4n) is 5.84. The number of nitrogens with one attached hydrogen (secondary N) is 1. The second-order valence-electron chi connectivity index (χ2n) is 10.1. The highest BCUT2D eigenvalue weighted by Gasteiger charge is 2.50. The molecular weight excluding hydrogens is 416 g/mol. The summed E-state index contributed by atoms with van der Waals surface area (Å²) in [5.74, 6) is 0.614. The number of aliphatic hydroxyl groups excluding tert-OH is 1. The Morgan fingerprint density at radius 3 is 2.42 bits per heavy atom. The van der Waals surface area contributed by atoms with Gasteiger partial charge in [0.1, 0.15) is 0 Å². The third-order valence-electron chi connectivity index (χ3n) is 7.90. The molecule has 8 nitrogen and oxygen atoms in total. The van der Waals surface area contributed by atoms with Gasteiger partial charge in [-0.1, -0.05) is 30.3 Å². The number of piperidine rings is 1. The van der Waals surface area contributed by atoms with Crippen molar-refractivity contribution >= 4 is 17.7 Å². The van der Waals surface area contributed by atoms with E-state index in [2.05, 4.69) is 64.6 Å². The summed E-state index contributed by atoms with van der Waals surface area (Å²) in [7, 11) is 4.31. The summed E-state index contributed by atoms with van der Waals surface area (Å²) in [5, 5.41) is 13.2. The van der Waals surface area contributed by atoms with Gasteiger partial charge in [-0.25, -0.2) is 14.8 Å². The highest BCUT2D eigenvalue weighted by molar-refractivity contribution is 5.95. The summed E-state index contributed by atoms with van der Waals surface area (Å²) < 4.78 is 0. The van der Waals surface area contributed by atoms with E-state index in [-0.39, 0.29) is 23.2 Å². The number of nitrogens with zero attached hydrogens (tertiary/aromatic N) is 5. The van der Waals surface area contributed by atoms with Gasteiger partial charge in [0.15, 0.2) is 0 Å². The fraction of sp³-hybridized carbons (Fsp3) is 0.560. The molecule has 5 rings (SSSR count). The lowest BCUT2D eigenvalue weighted by atomic mass is 9.69. The number of carbonyl (C=O) groups excluding carboxylic acids is 1. The summed E-state index contributed by atoms with van der Waals surface area (Å²) in [6.07, 6.45) is 8.72. The van der Waals surface area contributed by atoms with Crippen LogP contribution in [0.15, 0.2) is 42.7 Å². The first-order valence-electron chi connectivity index (χ1n) is 12.0. The minimum absolute atomic E-state index is 0.00553. The molecule has 0 bridgehead atoms. The summed E-state index contributed by atoms with van der Waals surface area (Å²) >= 11 is 0. The number of aliphatic hydroxyl groups is 1. The van der Waals surface area contributed by atoms with Gasteiger partial charge < -0.3 is 15.3 Å². The molecule has 176 valence electrons. The number of hydrogen-bond donors (Lipinski definition) is 2. The lowest BCUT2D eigenvalue weighted by molar-refractivity contribution is 0.0658. The van der Waals surface area contributed by atoms with Crippen LogP contribution in [0.3, 0.4) is 0 Å². The summed E-state index contributed by atoms with van der Waals surface area (Å²) in [5.41, 5.74) is 1.84. The molecule has 8 heteroatoms. The maximum absolute atomic E-state index is 12.9. The SMILES string of the molecule is CN(C)C1(c2ccccc2)CCC2(CC1)CN(c1cnc(N3CCCC(O)C3)nc1)C(=O)N2. The molecule has 0 radical (unpaired) electrons. The first-order valence-corrected chi connectivity index (χ1v) is 12.0. The number of aromatic nitrogens is 2. The number of anilines is 2. The average Bonchev–Trinajstić information content (AvgIpc) is 3.16. The predicted octanol–water partition coefficient (Wildman–Crippen LogP) is 2.74. The van der Waals surface area contributed by atoms with Crippen LogP contribution in [0.1, 0.15) is 44.1 Å². The number of rotatable bonds is 4. The average molecular weight is 451 g/mol. The van der Waals surface area contributed by atoms with Crippen molar-refractivity contribution < 1.29 is 9.90 Å². The fourth-order valence-corrected chi connectivity index (χ4v) is 5.84. The Morgan fingerprint density at radius 2 is 1.79 bits per heavy atom. The van der Waals surface area contributed by atoms with E-state index < -0.39 is 0 Å². The monoisotopic (exact) mass is 450 g/mol. The van der Waals surface area contributed by atoms with Gasteiger partial charge in [-0.2, -0.15) is 0 Å². The highest BCUT2D eigenvalue weighted by atomic mass is 16.3. The standard InChI is InChI=1S/C25H34N6O2/c1-29(2)25(19-7-4-3-5-8-19)12-10-24(11-13-25)18-31(23(33)28-24)20-15-26-22(27-16-20)30-14-6-9-21(32)17-30/h3-5,7-8,15-16,21,32H,6,9-14,17-18H2,1-2H3,(H,28,33). The van der Waals surface area contributed by atoms with E-state index in [1.165, 1.54) is 5.56 Å². The third-order valence-corrected chi connectivity index (χ3v) is 7.90. The van der Waals surface area contributed by atoms with Crippen LogP contribution in [-0.2, 0) is 5.54 Å². The first-order chi connectivity index (χ1) is 15.9. The van der Waals surface area contributed by atoms with Gasteiger partial charge in [0.25, 0.3) is 0 Å². The quantitative estimate of drug-likeness (QED) is 0.745. The number of amides is 2. The van der Waals surface area contributed by atoms with E-state index in [4.69, 9.17) is 0 Å². The van der Waals surface area contributed by atoms with Gasteiger partial charge in [0.05, 0.1) is 36.3 Å². The van der Waals surface area contributed by atoms with Crippen LogP contribution in [0.25, 0.3) is 0 Å². The van der Waals surface area contributed by atoms with Crippen molar-refractivity contribution in [3.8, 4) is 0 Å². The first kappa shape index (κ1) is 22.1. The summed E-state index contributed by atoms with van der Waals surface area (Å²) in [4.78, 5) is 28.1. The van der Waals surface area contributed by atoms with E-state index in [1.54, 1.807) is 17.3 Å². The number of β-amino-alcohol motifs (C(OH)–C–C–N with tert-alkyl or cyclic N) is 1. The molecule has 1 atom stereocenters. The normalized spacial score (nSPS) is 30.2. The van der Waals surface area contributed by atoms with Crippen LogP contribution in [0, 0.1) is 0 Å². The summed E-state index contributed by atoms with van der Waals surface area (Å²) in [6.45, 7) is 2.04. The molecular formula is C25H34N6O2. The molecule has 3 fully saturated rings. The molecule has 1 aliphatic carbocycles. The third kappa shape index (κ3) is 4.06. The summed E-state index contributed by atoms with van der Waals surface area (Å²) in [6, 6.07) is 10.6. The van der Waals surface area contributed by atoms with Crippen molar-refractivity contribution in [1.82, 2.24) is 20.2 Å². The van der Waals surface area contributed by atoms with Crippen molar-refractivity contribution in [1.29, 1.82) is 0 Å². The minimum Gasteiger partial charge on any atom is -0.391 e. The van der Waals surface area contributed by atoms with Crippen LogP contribution in [0.2, 0.25) is 0 Å². The topological polar surface area (TPSA) is 84.8 Å². The Balaban J connectivity index is 1.29. The Hall–Kier alpha value is -2.71. The zero-order chi connectivity index (χ0) is 23.1. The zero-order valence-corrected chi connectivity index (χ0v) is 19.6. The van der Waals surface area contributed by atoms with Crippen molar-refractivity contribution in [2.75, 3.05) is 43.5 Å². The Kier molecular flexibility index (Phi) is 5.74. The molecule has 2 saturated heterocycles. The van der Waals surface area contributed by atoms with E-state index in [0.717, 1.165) is 50.8 Å². The van der Waals surface area contributed by atoms with Crippen LogP contribution in [0.4, 0.5) is 16.4 Å². The van der Waals surface area contributed by atoms with Gasteiger partial charge in [0, 0.05) is 18.6 Å². The Labute approximate surface area is 195 Å². The maximum Gasteiger partial charge on any atom is 0.322 e. The van der Waals surface area contributed by atoms with Crippen molar-refractivity contribution in [2.24, 2.45) is 0 Å². The number of benzene rings is 1. The number of urea groups is 1. The van der Waals surface area contributed by atoms with E-state index in [9.17, 15) is 9.90 Å². The van der Waals surface area contributed by atoms with E-state index >= 15 is 0 Å². The molecule has 2 amide bonds. The van der Waals surface area contributed by atoms with Gasteiger partial charge >= 0.3 is 6.03 Å². The highest BCUT2D eigenvalue weighted by Crippen LogP contribution is 2.46. The molecule has 33 heavy (non-hydrogen) atoms. The molecule has 2 aromatic rings. The van der Waals surface area contributed by atoms with Crippen molar-refractivity contribution in [3.63, 3.8) is 0 Å². The second kappa shape index (κ2) is 8.57. The van der Waals surface area contributed by atoms with Gasteiger partial charge in [-0.15, -0.1) is 0 Å². The molecule has 1 unspecified atom stereocenters. The van der Waals surface area contributed by atoms with Crippen molar-refractivity contribution in [3.05, 3.63) is 48.3 Å². The van der Waals surface area contributed by atoms with Crippen LogP contribution in [0.5, 0.6) is 0 Å². The molecule has 3 heterocycles. The lowest BCUT2D eigenvalue weighted by Crippen LogP contribution is -2.54. The van der Waals surface area contributed by atoms with Crippen LogP contribution < -0.4 is 15.1 Å². The molecule has 1 aromatic heterocycles. The van der Waals surface area contributed by atoms with Gasteiger partial charge in [0.2, 0.25) is 5.95 Å². The molecule has 1 saturated carbocycles. The number of hydrogen-bond acceptors (Lipinski definition) is 6. The molecule has 1 spiro atoms. The number of carbonyl (C=O) groups is 1. The molecule has 2 aliphatic heterocycles. The minimum atomic E-state index is -0.331. The molecule has 3 aliphatic rings. The molecule has 1 aromatic carbocycles. The largest absolute Gasteiger partial charge is 0.391 e. The second-order valence-corrected chi connectivity index (χ2v) is 10.1. The van der Waals surface area contributed by atoms with Gasteiger partial charge in [-0.05, 0) is 58.2 Å².